The van der Waals surface area contributed by atoms with E-state index in [1.807, 2.05) is 37.4 Å². The number of benzene rings is 1. The molecule has 3 aromatic rings. The summed E-state index contributed by atoms with van der Waals surface area (Å²) in [6.07, 6.45) is 1.96. The highest BCUT2D eigenvalue weighted by Gasteiger charge is 2.05. The highest BCUT2D eigenvalue weighted by Crippen LogP contribution is 2.13. The van der Waals surface area contributed by atoms with Crippen LogP contribution in [0.2, 0.25) is 0 Å². The monoisotopic (exact) mass is 282 g/mol. The molecular weight excluding hydrogens is 264 g/mol. The first-order valence-corrected chi connectivity index (χ1v) is 6.89. The molecule has 0 aliphatic rings. The van der Waals surface area contributed by atoms with Gasteiger partial charge in [0.25, 0.3) is 0 Å². The second-order valence-electron chi connectivity index (χ2n) is 5.00. The first kappa shape index (κ1) is 13.6. The van der Waals surface area contributed by atoms with E-state index in [2.05, 4.69) is 27.5 Å². The summed E-state index contributed by atoms with van der Waals surface area (Å²) in [5.41, 5.74) is 4.36. The number of fused-ring (bicyclic) bond motifs is 1. The van der Waals surface area contributed by atoms with Gasteiger partial charge in [0.1, 0.15) is 0 Å². The van der Waals surface area contributed by atoms with Crippen LogP contribution in [0, 0.1) is 6.92 Å². The molecule has 0 fully saturated rings. The van der Waals surface area contributed by atoms with Crippen LogP contribution in [0.5, 0.6) is 0 Å². The highest BCUT2D eigenvalue weighted by molar-refractivity contribution is 5.44. The van der Waals surface area contributed by atoms with Crippen LogP contribution in [0.1, 0.15) is 16.7 Å². The summed E-state index contributed by atoms with van der Waals surface area (Å²) in [4.78, 5) is 4.45. The van der Waals surface area contributed by atoms with E-state index >= 15 is 0 Å². The van der Waals surface area contributed by atoms with Crippen LogP contribution in [-0.4, -0.2) is 21.7 Å². The van der Waals surface area contributed by atoms with Crippen LogP contribution >= 0.6 is 0 Å². The van der Waals surface area contributed by atoms with Crippen molar-refractivity contribution < 1.29 is 4.74 Å². The first-order valence-electron chi connectivity index (χ1n) is 6.89. The van der Waals surface area contributed by atoms with Gasteiger partial charge in [-0.2, -0.15) is 4.98 Å². The molecule has 0 bridgehead atoms. The van der Waals surface area contributed by atoms with Gasteiger partial charge < -0.3 is 10.1 Å². The molecule has 5 heteroatoms. The molecule has 5 nitrogen and oxygen atoms in total. The zero-order valence-electron chi connectivity index (χ0n) is 12.2. The van der Waals surface area contributed by atoms with Crippen LogP contribution in [0.15, 0.2) is 42.6 Å². The number of hydrogen-bond donors (Lipinski definition) is 1. The maximum atomic E-state index is 5.22. The Morgan fingerprint density at radius 2 is 1.95 bits per heavy atom. The quantitative estimate of drug-likeness (QED) is 0.782. The average Bonchev–Trinajstić information content (AvgIpc) is 2.88. The summed E-state index contributed by atoms with van der Waals surface area (Å²) in [6, 6.07) is 12.2. The Bertz CT molecular complexity index is 751. The van der Waals surface area contributed by atoms with Gasteiger partial charge in [0.15, 0.2) is 5.65 Å². The number of anilines is 1. The smallest absolute Gasteiger partial charge is 0.243 e. The third kappa shape index (κ3) is 3.03. The van der Waals surface area contributed by atoms with Crippen molar-refractivity contribution in [3.8, 4) is 0 Å². The van der Waals surface area contributed by atoms with Gasteiger partial charge in [0, 0.05) is 19.9 Å². The molecule has 0 radical (unpaired) electrons. The van der Waals surface area contributed by atoms with Crippen molar-refractivity contribution in [1.29, 1.82) is 0 Å². The van der Waals surface area contributed by atoms with Crippen molar-refractivity contribution in [2.45, 2.75) is 20.1 Å². The molecule has 1 N–H and O–H groups in total. The third-order valence-corrected chi connectivity index (χ3v) is 3.33. The predicted octanol–water partition coefficient (Wildman–Crippen LogP) is 2.80. The van der Waals surface area contributed by atoms with Gasteiger partial charge in [-0.05, 0) is 29.7 Å². The van der Waals surface area contributed by atoms with Crippen molar-refractivity contribution >= 4 is 11.6 Å². The Kier molecular flexibility index (Phi) is 3.83. The van der Waals surface area contributed by atoms with E-state index in [1.54, 1.807) is 11.6 Å². The predicted molar refractivity (Wildman–Crippen MR) is 82.2 cm³/mol. The molecule has 0 saturated heterocycles. The fourth-order valence-corrected chi connectivity index (χ4v) is 2.26. The maximum Gasteiger partial charge on any atom is 0.243 e. The lowest BCUT2D eigenvalue weighted by Gasteiger charge is -2.08. The molecule has 0 atom stereocenters. The van der Waals surface area contributed by atoms with Crippen LogP contribution in [0.25, 0.3) is 5.65 Å². The lowest BCUT2D eigenvalue weighted by Crippen LogP contribution is -2.04. The number of ether oxygens (including phenoxy) is 1. The van der Waals surface area contributed by atoms with Gasteiger partial charge in [0.2, 0.25) is 5.95 Å². The molecule has 108 valence electrons. The minimum atomic E-state index is 0.607. The van der Waals surface area contributed by atoms with Gasteiger partial charge in [-0.25, -0.2) is 4.52 Å². The highest BCUT2D eigenvalue weighted by atomic mass is 16.5. The first-order chi connectivity index (χ1) is 10.3. The van der Waals surface area contributed by atoms with Gasteiger partial charge in [-0.3, -0.25) is 0 Å². The normalized spacial score (nSPS) is 11.0. The van der Waals surface area contributed by atoms with E-state index in [4.69, 9.17) is 4.74 Å². The Morgan fingerprint density at radius 3 is 2.76 bits per heavy atom. The summed E-state index contributed by atoms with van der Waals surface area (Å²) in [5.74, 6) is 0.632. The second-order valence-corrected chi connectivity index (χ2v) is 5.00. The molecule has 1 aromatic carbocycles. The van der Waals surface area contributed by atoms with Crippen LogP contribution < -0.4 is 5.32 Å². The average molecular weight is 282 g/mol. The minimum Gasteiger partial charge on any atom is -0.380 e. The summed E-state index contributed by atoms with van der Waals surface area (Å²) < 4.78 is 7.01. The van der Waals surface area contributed by atoms with Crippen LogP contribution in [0.3, 0.4) is 0 Å². The molecule has 2 heterocycles. The van der Waals surface area contributed by atoms with Crippen molar-refractivity contribution in [3.05, 3.63) is 59.3 Å². The Labute approximate surface area is 123 Å². The number of rotatable bonds is 5. The van der Waals surface area contributed by atoms with Gasteiger partial charge in [0.05, 0.1) is 6.61 Å². The summed E-state index contributed by atoms with van der Waals surface area (Å²) >= 11 is 0. The Morgan fingerprint density at radius 1 is 1.14 bits per heavy atom. The van der Waals surface area contributed by atoms with E-state index in [-0.39, 0.29) is 0 Å². The number of methoxy groups -OCH3 is 1. The Balaban J connectivity index is 1.77. The van der Waals surface area contributed by atoms with Gasteiger partial charge in [-0.15, -0.1) is 5.10 Å². The molecule has 21 heavy (non-hydrogen) atoms. The molecular formula is C16H18N4O. The van der Waals surface area contributed by atoms with Crippen molar-refractivity contribution in [1.82, 2.24) is 14.6 Å². The number of aromatic nitrogens is 3. The topological polar surface area (TPSA) is 51.5 Å². The fourth-order valence-electron chi connectivity index (χ4n) is 2.26. The van der Waals surface area contributed by atoms with Gasteiger partial charge in [-0.1, -0.05) is 30.3 Å². The number of pyridine rings is 1. The standard InChI is InChI=1S/C16H18N4O/c1-12-7-8-15-18-16(19-20(15)10-12)17-9-13-5-3-4-6-14(13)11-21-2/h3-8,10H,9,11H2,1-2H3,(H,17,19). The second kappa shape index (κ2) is 5.93. The molecule has 3 rings (SSSR count). The van der Waals surface area contributed by atoms with E-state index in [0.717, 1.165) is 11.2 Å². The summed E-state index contributed by atoms with van der Waals surface area (Å²) in [7, 11) is 1.70. The number of nitrogens with zero attached hydrogens (tertiary/aromatic N) is 3. The molecule has 2 aromatic heterocycles. The molecule has 0 aliphatic carbocycles. The van der Waals surface area contributed by atoms with E-state index in [9.17, 15) is 0 Å². The maximum absolute atomic E-state index is 5.22. The van der Waals surface area contributed by atoms with Crippen molar-refractivity contribution in [3.63, 3.8) is 0 Å². The molecule has 0 aliphatic heterocycles. The van der Waals surface area contributed by atoms with E-state index in [0.29, 0.717) is 19.1 Å². The lowest BCUT2D eigenvalue weighted by molar-refractivity contribution is 0.184. The lowest BCUT2D eigenvalue weighted by atomic mass is 10.1. The van der Waals surface area contributed by atoms with E-state index in [1.165, 1.54) is 11.1 Å². The largest absolute Gasteiger partial charge is 0.380 e. The molecule has 0 unspecified atom stereocenters. The zero-order chi connectivity index (χ0) is 14.7. The molecule has 0 amide bonds. The van der Waals surface area contributed by atoms with Crippen molar-refractivity contribution in [2.24, 2.45) is 0 Å². The summed E-state index contributed by atoms with van der Waals surface area (Å²) in [6.45, 7) is 3.32. The molecule has 0 spiro atoms. The van der Waals surface area contributed by atoms with Crippen LogP contribution in [0.4, 0.5) is 5.95 Å². The zero-order valence-corrected chi connectivity index (χ0v) is 12.2. The SMILES string of the molecule is COCc1ccccc1CNc1nc2ccc(C)cn2n1. The van der Waals surface area contributed by atoms with E-state index < -0.39 is 0 Å². The molecule has 0 saturated carbocycles. The summed E-state index contributed by atoms with van der Waals surface area (Å²) in [5, 5.41) is 7.70. The third-order valence-electron chi connectivity index (χ3n) is 3.33. The van der Waals surface area contributed by atoms with Gasteiger partial charge >= 0.3 is 0 Å². The number of nitrogens with one attached hydrogen (secondary N) is 1. The van der Waals surface area contributed by atoms with Crippen molar-refractivity contribution in [2.75, 3.05) is 12.4 Å². The number of hydrogen-bond acceptors (Lipinski definition) is 4. The number of aryl methyl sites for hydroxylation is 1. The minimum absolute atomic E-state index is 0.607. The Hall–Kier alpha value is -2.40. The fraction of sp³-hybridized carbons (Fsp3) is 0.250. The van der Waals surface area contributed by atoms with Crippen LogP contribution in [-0.2, 0) is 17.9 Å².